The maximum absolute atomic E-state index is 12.3. The number of benzene rings is 1. The van der Waals surface area contributed by atoms with Gasteiger partial charge in [0.25, 0.3) is 11.8 Å². The van der Waals surface area contributed by atoms with E-state index in [4.69, 9.17) is 23.8 Å². The Kier molecular flexibility index (Phi) is 3.32. The normalized spacial score (nSPS) is 21.5. The summed E-state index contributed by atoms with van der Waals surface area (Å²) in [6, 6.07) is 5.22. The number of anilines is 1. The second-order valence-corrected chi connectivity index (χ2v) is 6.29. The SMILES string of the molecule is CCN1C(=O)/C(=C2/C(=O)Nc3c(Cl)cccc32)SC1=S. The highest BCUT2D eigenvalue weighted by Crippen LogP contribution is 2.44. The van der Waals surface area contributed by atoms with Crippen LogP contribution in [-0.4, -0.2) is 27.6 Å². The van der Waals surface area contributed by atoms with Crippen LogP contribution >= 0.6 is 35.6 Å². The molecule has 2 amide bonds. The number of thioether (sulfide) groups is 1. The molecular formula is C13H9ClN2O2S2. The number of hydrogen-bond acceptors (Lipinski definition) is 4. The minimum absolute atomic E-state index is 0.222. The van der Waals surface area contributed by atoms with Gasteiger partial charge >= 0.3 is 0 Å². The monoisotopic (exact) mass is 324 g/mol. The predicted molar refractivity (Wildman–Crippen MR) is 84.6 cm³/mol. The molecule has 0 aromatic heterocycles. The number of carbonyl (C=O) groups is 2. The highest BCUT2D eigenvalue weighted by atomic mass is 35.5. The van der Waals surface area contributed by atoms with Crippen molar-refractivity contribution in [3.63, 3.8) is 0 Å². The molecule has 1 fully saturated rings. The van der Waals surface area contributed by atoms with Crippen LogP contribution in [0.15, 0.2) is 23.1 Å². The number of likely N-dealkylation sites (N-methyl/N-ethyl adjacent to an activating group) is 1. The van der Waals surface area contributed by atoms with Gasteiger partial charge in [0.2, 0.25) is 0 Å². The van der Waals surface area contributed by atoms with Crippen molar-refractivity contribution < 1.29 is 9.59 Å². The second kappa shape index (κ2) is 4.87. The van der Waals surface area contributed by atoms with Crippen LogP contribution in [0.5, 0.6) is 0 Å². The summed E-state index contributed by atoms with van der Waals surface area (Å²) in [6.07, 6.45) is 0. The Morgan fingerprint density at radius 1 is 1.40 bits per heavy atom. The molecule has 0 bridgehead atoms. The Labute approximate surface area is 130 Å². The van der Waals surface area contributed by atoms with Crippen LogP contribution < -0.4 is 5.32 Å². The number of carbonyl (C=O) groups excluding carboxylic acids is 2. The lowest BCUT2D eigenvalue weighted by molar-refractivity contribution is -0.122. The van der Waals surface area contributed by atoms with Gasteiger partial charge in [0.15, 0.2) is 0 Å². The molecule has 0 spiro atoms. The summed E-state index contributed by atoms with van der Waals surface area (Å²) in [6.45, 7) is 2.34. The van der Waals surface area contributed by atoms with Gasteiger partial charge in [0.05, 0.1) is 21.2 Å². The number of thiocarbonyl (C=S) groups is 1. The summed E-state index contributed by atoms with van der Waals surface area (Å²) in [5.41, 5.74) is 1.56. The van der Waals surface area contributed by atoms with E-state index >= 15 is 0 Å². The molecule has 1 N–H and O–H groups in total. The number of rotatable bonds is 1. The maximum Gasteiger partial charge on any atom is 0.266 e. The van der Waals surface area contributed by atoms with Crippen molar-refractivity contribution in [2.24, 2.45) is 0 Å². The van der Waals surface area contributed by atoms with Gasteiger partial charge in [0.1, 0.15) is 4.32 Å². The van der Waals surface area contributed by atoms with E-state index < -0.39 is 0 Å². The number of nitrogens with zero attached hydrogens (tertiary/aromatic N) is 1. The lowest BCUT2D eigenvalue weighted by Gasteiger charge is -2.09. The molecule has 102 valence electrons. The van der Waals surface area contributed by atoms with Crippen LogP contribution in [0, 0.1) is 0 Å². The minimum atomic E-state index is -0.315. The van der Waals surface area contributed by atoms with Crippen LogP contribution in [0.3, 0.4) is 0 Å². The van der Waals surface area contributed by atoms with Gasteiger partial charge in [-0.05, 0) is 13.0 Å². The molecule has 1 aromatic rings. The molecule has 0 unspecified atom stereocenters. The average Bonchev–Trinajstić information content (AvgIpc) is 2.87. The van der Waals surface area contributed by atoms with Gasteiger partial charge < -0.3 is 5.32 Å². The maximum atomic E-state index is 12.3. The van der Waals surface area contributed by atoms with E-state index in [-0.39, 0.29) is 11.8 Å². The first-order valence-corrected chi connectivity index (χ1v) is 7.53. The van der Waals surface area contributed by atoms with Crippen molar-refractivity contribution in [2.75, 3.05) is 11.9 Å². The summed E-state index contributed by atoms with van der Waals surface area (Å²) in [4.78, 5) is 26.3. The van der Waals surface area contributed by atoms with Crippen LogP contribution in [0.4, 0.5) is 5.69 Å². The van der Waals surface area contributed by atoms with E-state index in [0.717, 1.165) is 11.8 Å². The van der Waals surface area contributed by atoms with E-state index in [0.29, 0.717) is 37.6 Å². The summed E-state index contributed by atoms with van der Waals surface area (Å²) < 4.78 is 0.475. The van der Waals surface area contributed by atoms with Crippen molar-refractivity contribution in [1.29, 1.82) is 0 Å². The van der Waals surface area contributed by atoms with E-state index in [1.807, 2.05) is 6.92 Å². The number of hydrogen-bond donors (Lipinski definition) is 1. The van der Waals surface area contributed by atoms with Gasteiger partial charge in [-0.1, -0.05) is 47.7 Å². The standard InChI is InChI=1S/C13H9ClN2O2S2/c1-2-16-12(18)10(20-13(16)19)8-6-4-3-5-7(14)9(6)15-11(8)17/h3-5H,2H2,1H3,(H,15,17)/b10-8-. The lowest BCUT2D eigenvalue weighted by Crippen LogP contribution is -2.27. The third-order valence-corrected chi connectivity index (χ3v) is 4.90. The van der Waals surface area contributed by atoms with Gasteiger partial charge in [0, 0.05) is 12.1 Å². The number of halogens is 1. The molecule has 2 aliphatic heterocycles. The Morgan fingerprint density at radius 2 is 2.15 bits per heavy atom. The Hall–Kier alpha value is -1.37. The Bertz CT molecular complexity index is 700. The highest BCUT2D eigenvalue weighted by molar-refractivity contribution is 8.26. The molecule has 0 radical (unpaired) electrons. The molecule has 0 aliphatic carbocycles. The largest absolute Gasteiger partial charge is 0.320 e. The molecule has 2 heterocycles. The van der Waals surface area contributed by atoms with Crippen molar-refractivity contribution in [2.45, 2.75) is 6.92 Å². The molecule has 1 saturated heterocycles. The zero-order valence-electron chi connectivity index (χ0n) is 10.4. The first kappa shape index (κ1) is 13.6. The van der Waals surface area contributed by atoms with E-state index in [1.54, 1.807) is 18.2 Å². The van der Waals surface area contributed by atoms with Crippen molar-refractivity contribution in [3.8, 4) is 0 Å². The molecule has 3 rings (SSSR count). The van der Waals surface area contributed by atoms with Crippen molar-refractivity contribution in [1.82, 2.24) is 4.90 Å². The first-order valence-electron chi connectivity index (χ1n) is 5.92. The predicted octanol–water partition coefficient (Wildman–Crippen LogP) is 2.88. The van der Waals surface area contributed by atoms with E-state index in [2.05, 4.69) is 5.32 Å². The molecular weight excluding hydrogens is 316 g/mol. The van der Waals surface area contributed by atoms with Crippen LogP contribution in [0.25, 0.3) is 5.57 Å². The Balaban J connectivity index is 2.19. The fourth-order valence-electron chi connectivity index (χ4n) is 2.21. The third-order valence-electron chi connectivity index (χ3n) is 3.14. The summed E-state index contributed by atoms with van der Waals surface area (Å²) in [5, 5.41) is 3.16. The van der Waals surface area contributed by atoms with Gasteiger partial charge in [-0.3, -0.25) is 14.5 Å². The van der Waals surface area contributed by atoms with Crippen LogP contribution in [-0.2, 0) is 9.59 Å². The highest BCUT2D eigenvalue weighted by Gasteiger charge is 2.38. The first-order chi connectivity index (χ1) is 9.54. The molecule has 20 heavy (non-hydrogen) atoms. The molecule has 7 heteroatoms. The smallest absolute Gasteiger partial charge is 0.266 e. The second-order valence-electron chi connectivity index (χ2n) is 4.24. The topological polar surface area (TPSA) is 49.4 Å². The van der Waals surface area contributed by atoms with Gasteiger partial charge in [-0.15, -0.1) is 0 Å². The molecule has 0 atom stereocenters. The van der Waals surface area contributed by atoms with Crippen molar-refractivity contribution >= 4 is 63.0 Å². The number of amides is 2. The lowest BCUT2D eigenvalue weighted by atomic mass is 10.1. The summed E-state index contributed by atoms with van der Waals surface area (Å²) >= 11 is 12.4. The fraction of sp³-hybridized carbons (Fsp3) is 0.154. The van der Waals surface area contributed by atoms with Gasteiger partial charge in [-0.2, -0.15) is 0 Å². The summed E-state index contributed by atoms with van der Waals surface area (Å²) in [7, 11) is 0. The Morgan fingerprint density at radius 3 is 2.80 bits per heavy atom. The molecule has 4 nitrogen and oxygen atoms in total. The van der Waals surface area contributed by atoms with E-state index in [1.165, 1.54) is 4.90 Å². The number of para-hydroxylation sites is 1. The van der Waals surface area contributed by atoms with E-state index in [9.17, 15) is 9.59 Å². The summed E-state index contributed by atoms with van der Waals surface area (Å²) in [5.74, 6) is -0.537. The molecule has 1 aromatic carbocycles. The van der Waals surface area contributed by atoms with Gasteiger partial charge in [-0.25, -0.2) is 0 Å². The zero-order valence-corrected chi connectivity index (χ0v) is 12.8. The average molecular weight is 325 g/mol. The van der Waals surface area contributed by atoms with Crippen LogP contribution in [0.2, 0.25) is 5.02 Å². The number of fused-ring (bicyclic) bond motifs is 1. The zero-order chi connectivity index (χ0) is 14.4. The fourth-order valence-corrected chi connectivity index (χ4v) is 3.89. The molecule has 2 aliphatic rings. The number of nitrogens with one attached hydrogen (secondary N) is 1. The third kappa shape index (κ3) is 1.87. The van der Waals surface area contributed by atoms with Crippen LogP contribution in [0.1, 0.15) is 12.5 Å². The quantitative estimate of drug-likeness (QED) is 0.637. The minimum Gasteiger partial charge on any atom is -0.320 e. The molecule has 0 saturated carbocycles. The van der Waals surface area contributed by atoms with Crippen molar-refractivity contribution in [3.05, 3.63) is 33.7 Å².